The molecular formula is C20H28O. The Bertz CT molecular complexity index is 513. The molecule has 0 saturated heterocycles. The molecule has 1 atom stereocenters. The molecule has 4 saturated carbocycles. The van der Waals surface area contributed by atoms with Gasteiger partial charge in [-0.05, 0) is 93.7 Å². The number of aryl methyl sites for hydroxylation is 3. The van der Waals surface area contributed by atoms with Crippen LogP contribution in [0.25, 0.3) is 0 Å². The summed E-state index contributed by atoms with van der Waals surface area (Å²) in [5.74, 6) is 2.70. The summed E-state index contributed by atoms with van der Waals surface area (Å²) in [6.45, 7) is 6.51. The van der Waals surface area contributed by atoms with Crippen LogP contribution in [-0.4, -0.2) is 5.11 Å². The van der Waals surface area contributed by atoms with Crippen molar-refractivity contribution in [3.63, 3.8) is 0 Å². The SMILES string of the molecule is Cc1cc(C)c(C(O)C23CC4CC(CC(C4)C2)C3)c(C)c1. The number of benzene rings is 1. The lowest BCUT2D eigenvalue weighted by atomic mass is 9.47. The van der Waals surface area contributed by atoms with E-state index in [9.17, 15) is 5.11 Å². The lowest BCUT2D eigenvalue weighted by molar-refractivity contribution is -0.122. The summed E-state index contributed by atoms with van der Waals surface area (Å²) >= 11 is 0. The number of aliphatic hydroxyl groups is 1. The van der Waals surface area contributed by atoms with Crippen LogP contribution in [0.15, 0.2) is 12.1 Å². The molecule has 1 aromatic rings. The third-order valence-electron chi connectivity index (χ3n) is 6.68. The predicted molar refractivity (Wildman–Crippen MR) is 86.2 cm³/mol. The molecule has 5 rings (SSSR count). The highest BCUT2D eigenvalue weighted by Crippen LogP contribution is 2.64. The maximum absolute atomic E-state index is 11.3. The number of aliphatic hydroxyl groups excluding tert-OH is 1. The minimum absolute atomic E-state index is 0.194. The molecule has 4 bridgehead atoms. The molecule has 0 aromatic heterocycles. The van der Waals surface area contributed by atoms with E-state index in [0.29, 0.717) is 0 Å². The van der Waals surface area contributed by atoms with Crippen LogP contribution in [-0.2, 0) is 0 Å². The Hall–Kier alpha value is -0.820. The smallest absolute Gasteiger partial charge is 0.0851 e. The van der Waals surface area contributed by atoms with Gasteiger partial charge in [-0.3, -0.25) is 0 Å². The molecule has 0 aliphatic heterocycles. The van der Waals surface area contributed by atoms with Crippen molar-refractivity contribution < 1.29 is 5.11 Å². The summed E-state index contributed by atoms with van der Waals surface area (Å²) in [7, 11) is 0. The van der Waals surface area contributed by atoms with Crippen LogP contribution in [0.4, 0.5) is 0 Å². The van der Waals surface area contributed by atoms with E-state index in [2.05, 4.69) is 32.9 Å². The van der Waals surface area contributed by atoms with Gasteiger partial charge < -0.3 is 5.11 Å². The maximum atomic E-state index is 11.3. The van der Waals surface area contributed by atoms with Crippen LogP contribution < -0.4 is 0 Å². The van der Waals surface area contributed by atoms with E-state index >= 15 is 0 Å². The van der Waals surface area contributed by atoms with Crippen LogP contribution in [0.3, 0.4) is 0 Å². The summed E-state index contributed by atoms with van der Waals surface area (Å²) in [6.07, 6.45) is 7.90. The van der Waals surface area contributed by atoms with Gasteiger partial charge in [-0.15, -0.1) is 0 Å². The highest BCUT2D eigenvalue weighted by molar-refractivity contribution is 5.40. The molecule has 21 heavy (non-hydrogen) atoms. The normalized spacial score (nSPS) is 38.8. The Morgan fingerprint density at radius 2 is 1.33 bits per heavy atom. The predicted octanol–water partition coefficient (Wildman–Crippen LogP) is 4.86. The van der Waals surface area contributed by atoms with Crippen LogP contribution in [0.1, 0.15) is 66.9 Å². The summed E-state index contributed by atoms with van der Waals surface area (Å²) < 4.78 is 0. The molecule has 4 fully saturated rings. The zero-order valence-electron chi connectivity index (χ0n) is 13.7. The van der Waals surface area contributed by atoms with E-state index in [4.69, 9.17) is 0 Å². The fraction of sp³-hybridized carbons (Fsp3) is 0.700. The first-order valence-electron chi connectivity index (χ1n) is 8.73. The van der Waals surface area contributed by atoms with E-state index in [1.54, 1.807) is 0 Å². The van der Waals surface area contributed by atoms with Crippen molar-refractivity contribution in [1.29, 1.82) is 0 Å². The number of hydrogen-bond donors (Lipinski definition) is 1. The molecule has 1 aromatic carbocycles. The second kappa shape index (κ2) is 4.59. The molecule has 0 spiro atoms. The van der Waals surface area contributed by atoms with E-state index in [-0.39, 0.29) is 11.5 Å². The van der Waals surface area contributed by atoms with Crippen LogP contribution in [0.2, 0.25) is 0 Å². The Kier molecular flexibility index (Phi) is 3.02. The molecule has 1 heteroatoms. The standard InChI is InChI=1S/C20H28O/c1-12-4-13(2)18(14(3)5-12)19(21)20-9-15-6-16(10-20)8-17(7-15)11-20/h4-5,15-17,19,21H,6-11H2,1-3H3. The van der Waals surface area contributed by atoms with E-state index in [1.165, 1.54) is 60.8 Å². The summed E-state index contributed by atoms with van der Waals surface area (Å²) in [4.78, 5) is 0. The van der Waals surface area contributed by atoms with Crippen molar-refractivity contribution in [1.82, 2.24) is 0 Å². The third-order valence-corrected chi connectivity index (χ3v) is 6.68. The number of rotatable bonds is 2. The Labute approximate surface area is 128 Å². The van der Waals surface area contributed by atoms with Crippen molar-refractivity contribution in [3.05, 3.63) is 34.4 Å². The largest absolute Gasteiger partial charge is 0.388 e. The van der Waals surface area contributed by atoms with Gasteiger partial charge in [0, 0.05) is 5.41 Å². The summed E-state index contributed by atoms with van der Waals surface area (Å²) in [6, 6.07) is 4.48. The zero-order valence-corrected chi connectivity index (χ0v) is 13.7. The van der Waals surface area contributed by atoms with Crippen molar-refractivity contribution in [2.24, 2.45) is 23.2 Å². The second-order valence-corrected chi connectivity index (χ2v) is 8.49. The fourth-order valence-corrected chi connectivity index (χ4v) is 6.44. The minimum Gasteiger partial charge on any atom is -0.388 e. The van der Waals surface area contributed by atoms with Gasteiger partial charge in [0.2, 0.25) is 0 Å². The minimum atomic E-state index is -0.244. The van der Waals surface area contributed by atoms with Gasteiger partial charge in [-0.25, -0.2) is 0 Å². The van der Waals surface area contributed by atoms with Gasteiger partial charge in [0.05, 0.1) is 6.10 Å². The van der Waals surface area contributed by atoms with Gasteiger partial charge in [0.25, 0.3) is 0 Å². The van der Waals surface area contributed by atoms with Gasteiger partial charge in [0.1, 0.15) is 0 Å². The molecular weight excluding hydrogens is 256 g/mol. The number of hydrogen-bond acceptors (Lipinski definition) is 1. The molecule has 4 aliphatic carbocycles. The maximum Gasteiger partial charge on any atom is 0.0851 e. The molecule has 114 valence electrons. The van der Waals surface area contributed by atoms with E-state index in [0.717, 1.165) is 17.8 Å². The van der Waals surface area contributed by atoms with Gasteiger partial charge >= 0.3 is 0 Å². The van der Waals surface area contributed by atoms with Gasteiger partial charge in [-0.2, -0.15) is 0 Å². The quantitative estimate of drug-likeness (QED) is 0.822. The first kappa shape index (κ1) is 13.8. The monoisotopic (exact) mass is 284 g/mol. The average molecular weight is 284 g/mol. The van der Waals surface area contributed by atoms with Gasteiger partial charge in [0.15, 0.2) is 0 Å². The highest BCUT2D eigenvalue weighted by atomic mass is 16.3. The third kappa shape index (κ3) is 2.08. The van der Waals surface area contributed by atoms with Crippen LogP contribution in [0, 0.1) is 43.9 Å². The topological polar surface area (TPSA) is 20.2 Å². The Morgan fingerprint density at radius 1 is 0.905 bits per heavy atom. The second-order valence-electron chi connectivity index (χ2n) is 8.49. The van der Waals surface area contributed by atoms with Gasteiger partial charge in [-0.1, -0.05) is 17.7 Å². The van der Waals surface area contributed by atoms with Crippen LogP contribution >= 0.6 is 0 Å². The first-order chi connectivity index (χ1) is 9.97. The van der Waals surface area contributed by atoms with E-state index < -0.39 is 0 Å². The van der Waals surface area contributed by atoms with Crippen LogP contribution in [0.5, 0.6) is 0 Å². The molecule has 0 amide bonds. The lowest BCUT2D eigenvalue weighted by Gasteiger charge is -2.58. The molecule has 1 nitrogen and oxygen atoms in total. The molecule has 0 heterocycles. The highest BCUT2D eigenvalue weighted by Gasteiger charge is 2.54. The Morgan fingerprint density at radius 3 is 1.76 bits per heavy atom. The molecule has 1 N–H and O–H groups in total. The van der Waals surface area contributed by atoms with Crippen molar-refractivity contribution >= 4 is 0 Å². The zero-order chi connectivity index (χ0) is 14.8. The molecule has 4 aliphatic rings. The van der Waals surface area contributed by atoms with Crippen molar-refractivity contribution in [3.8, 4) is 0 Å². The average Bonchev–Trinajstić information content (AvgIpc) is 2.35. The summed E-state index contributed by atoms with van der Waals surface area (Å²) in [5, 5.41) is 11.3. The summed E-state index contributed by atoms with van der Waals surface area (Å²) in [5.41, 5.74) is 5.32. The van der Waals surface area contributed by atoms with Crippen molar-refractivity contribution in [2.45, 2.75) is 65.4 Å². The van der Waals surface area contributed by atoms with Crippen molar-refractivity contribution in [2.75, 3.05) is 0 Å². The molecule has 0 radical (unpaired) electrons. The Balaban J connectivity index is 1.73. The lowest BCUT2D eigenvalue weighted by Crippen LogP contribution is -2.49. The van der Waals surface area contributed by atoms with E-state index in [1.807, 2.05) is 0 Å². The first-order valence-corrected chi connectivity index (χ1v) is 8.73. The fourth-order valence-electron chi connectivity index (χ4n) is 6.44. The molecule has 1 unspecified atom stereocenters.